The smallest absolute Gasteiger partial charge is 0.340 e. The van der Waals surface area contributed by atoms with Crippen molar-refractivity contribution in [1.82, 2.24) is 19.8 Å². The highest BCUT2D eigenvalue weighted by Crippen LogP contribution is 2.30. The first-order valence-corrected chi connectivity index (χ1v) is 14.8. The van der Waals surface area contributed by atoms with E-state index in [4.69, 9.17) is 0 Å². The van der Waals surface area contributed by atoms with Crippen LogP contribution in [0.15, 0.2) is 85.2 Å². The number of carbonyl (C=O) groups is 2. The summed E-state index contributed by atoms with van der Waals surface area (Å²) in [7, 11) is 2.08. The lowest BCUT2D eigenvalue weighted by molar-refractivity contribution is -0.137. The highest BCUT2D eigenvalue weighted by atomic mass is 19.4. The summed E-state index contributed by atoms with van der Waals surface area (Å²) in [6, 6.07) is 19.9. The van der Waals surface area contributed by atoms with E-state index in [9.17, 15) is 22.8 Å². The molecule has 0 radical (unpaired) electrons. The van der Waals surface area contributed by atoms with Gasteiger partial charge in [-0.2, -0.15) is 13.2 Å². The molecule has 1 aliphatic heterocycles. The second-order valence-corrected chi connectivity index (χ2v) is 11.0. The SMILES string of the molecule is Cc1ccc(NC(=O)c2cccc(C(F)(F)F)c2)cc1NC(=O)N(CCN1CCN(C)CC1)c1cc(Nc2ccccc2)ncn1. The number of rotatable bonds is 9. The van der Waals surface area contributed by atoms with E-state index >= 15 is 0 Å². The number of nitrogens with one attached hydrogen (secondary N) is 3. The van der Waals surface area contributed by atoms with Crippen molar-refractivity contribution in [2.75, 3.05) is 67.2 Å². The number of aromatic nitrogens is 2. The Balaban J connectivity index is 1.34. The predicted molar refractivity (Wildman–Crippen MR) is 173 cm³/mol. The van der Waals surface area contributed by atoms with E-state index in [1.807, 2.05) is 30.3 Å². The van der Waals surface area contributed by atoms with Crippen LogP contribution in [0.25, 0.3) is 0 Å². The molecule has 1 aliphatic rings. The van der Waals surface area contributed by atoms with Gasteiger partial charge in [-0.25, -0.2) is 14.8 Å². The monoisotopic (exact) mass is 632 g/mol. The normalized spacial score (nSPS) is 14.0. The number of hydrogen-bond donors (Lipinski definition) is 3. The molecular formula is C33H35F3N8O2. The van der Waals surface area contributed by atoms with Gasteiger partial charge in [0, 0.05) is 68.0 Å². The van der Waals surface area contributed by atoms with E-state index in [0.717, 1.165) is 49.6 Å². The lowest BCUT2D eigenvalue weighted by atomic mass is 10.1. The molecule has 0 saturated carbocycles. The molecule has 0 aliphatic carbocycles. The van der Waals surface area contributed by atoms with E-state index in [-0.39, 0.29) is 5.56 Å². The quantitative estimate of drug-likeness (QED) is 0.205. The number of urea groups is 1. The molecule has 10 nitrogen and oxygen atoms in total. The largest absolute Gasteiger partial charge is 0.416 e. The Hall–Kier alpha value is -5.01. The number of likely N-dealkylation sites (N-methyl/N-ethyl adjacent to an activating group) is 1. The third kappa shape index (κ3) is 8.58. The zero-order valence-corrected chi connectivity index (χ0v) is 25.5. The summed E-state index contributed by atoms with van der Waals surface area (Å²) >= 11 is 0. The molecule has 0 bridgehead atoms. The zero-order valence-electron chi connectivity index (χ0n) is 25.5. The third-order valence-electron chi connectivity index (χ3n) is 7.65. The van der Waals surface area contributed by atoms with Crippen molar-refractivity contribution < 1.29 is 22.8 Å². The van der Waals surface area contributed by atoms with Gasteiger partial charge in [0.2, 0.25) is 0 Å². The number of amides is 3. The van der Waals surface area contributed by atoms with Gasteiger partial charge < -0.3 is 20.9 Å². The van der Waals surface area contributed by atoms with Gasteiger partial charge in [-0.05, 0) is 62.0 Å². The summed E-state index contributed by atoms with van der Waals surface area (Å²) < 4.78 is 39.5. The third-order valence-corrected chi connectivity index (χ3v) is 7.65. The summed E-state index contributed by atoms with van der Waals surface area (Å²) in [5, 5.41) is 8.79. The van der Waals surface area contributed by atoms with Crippen molar-refractivity contribution in [2.45, 2.75) is 13.1 Å². The number of nitrogens with zero attached hydrogens (tertiary/aromatic N) is 5. The zero-order chi connectivity index (χ0) is 32.7. The molecule has 3 aromatic carbocycles. The summed E-state index contributed by atoms with van der Waals surface area (Å²) in [4.78, 5) is 41.5. The van der Waals surface area contributed by atoms with Crippen molar-refractivity contribution in [2.24, 2.45) is 0 Å². The molecule has 2 heterocycles. The Kier molecular flexibility index (Phi) is 10.1. The first-order chi connectivity index (χ1) is 22.0. The topological polar surface area (TPSA) is 106 Å². The Morgan fingerprint density at radius 1 is 0.870 bits per heavy atom. The molecule has 0 atom stereocenters. The number of piperazine rings is 1. The first-order valence-electron chi connectivity index (χ1n) is 14.8. The van der Waals surface area contributed by atoms with Crippen LogP contribution in [0, 0.1) is 6.92 Å². The van der Waals surface area contributed by atoms with Crippen LogP contribution < -0.4 is 20.9 Å². The minimum Gasteiger partial charge on any atom is -0.340 e. The van der Waals surface area contributed by atoms with Crippen molar-refractivity contribution >= 4 is 40.6 Å². The number of hydrogen-bond acceptors (Lipinski definition) is 7. The van der Waals surface area contributed by atoms with Crippen LogP contribution in [0.5, 0.6) is 0 Å². The Labute approximate surface area is 265 Å². The van der Waals surface area contributed by atoms with E-state index < -0.39 is 23.7 Å². The fourth-order valence-electron chi connectivity index (χ4n) is 4.92. The second-order valence-electron chi connectivity index (χ2n) is 11.0. The molecule has 1 saturated heterocycles. The number of alkyl halides is 3. The summed E-state index contributed by atoms with van der Waals surface area (Å²) in [6.45, 7) is 6.40. The summed E-state index contributed by atoms with van der Waals surface area (Å²) in [5.41, 5.74) is 1.23. The highest BCUT2D eigenvalue weighted by molar-refractivity contribution is 6.05. The van der Waals surface area contributed by atoms with Crippen LogP contribution in [0.3, 0.4) is 0 Å². The maximum atomic E-state index is 13.9. The van der Waals surface area contributed by atoms with Crippen LogP contribution in [0.4, 0.5) is 46.7 Å². The molecule has 1 fully saturated rings. The first kappa shape index (κ1) is 32.4. The van der Waals surface area contributed by atoms with E-state index in [1.54, 1.807) is 36.1 Å². The maximum Gasteiger partial charge on any atom is 0.416 e. The van der Waals surface area contributed by atoms with Crippen LogP contribution in [0.2, 0.25) is 0 Å². The predicted octanol–water partition coefficient (Wildman–Crippen LogP) is 6.09. The standard InChI is InChI=1S/C33H35F3N8O2/c1-23-11-12-27(40-31(45)24-7-6-8-25(19-24)33(34,35)36)20-28(23)41-32(46)44(18-17-43-15-13-42(2)14-16-43)30-21-29(37-22-38-30)39-26-9-4-3-5-10-26/h3-12,19-22H,13-18H2,1-2H3,(H,40,45)(H,41,46)(H,37,38,39). The van der Waals surface area contributed by atoms with Crippen molar-refractivity contribution in [3.8, 4) is 0 Å². The summed E-state index contributed by atoms with van der Waals surface area (Å²) in [6.07, 6.45) is -3.18. The van der Waals surface area contributed by atoms with Crippen molar-refractivity contribution in [3.63, 3.8) is 0 Å². The minimum atomic E-state index is -4.57. The van der Waals surface area contributed by atoms with Crippen LogP contribution >= 0.6 is 0 Å². The van der Waals surface area contributed by atoms with E-state index in [1.165, 1.54) is 18.5 Å². The molecule has 3 amide bonds. The van der Waals surface area contributed by atoms with Gasteiger partial charge in [0.05, 0.1) is 5.56 Å². The summed E-state index contributed by atoms with van der Waals surface area (Å²) in [5.74, 6) is 0.205. The molecule has 3 N–H and O–H groups in total. The van der Waals surface area contributed by atoms with E-state index in [2.05, 4.69) is 42.8 Å². The average molecular weight is 633 g/mol. The molecule has 4 aromatic rings. The van der Waals surface area contributed by atoms with Gasteiger partial charge >= 0.3 is 12.2 Å². The second kappa shape index (κ2) is 14.4. The van der Waals surface area contributed by atoms with Gasteiger partial charge in [0.15, 0.2) is 0 Å². The number of halogens is 3. The molecule has 1 aromatic heterocycles. The van der Waals surface area contributed by atoms with Gasteiger partial charge in [-0.1, -0.05) is 30.3 Å². The maximum absolute atomic E-state index is 13.9. The molecule has 0 unspecified atom stereocenters. The Morgan fingerprint density at radius 2 is 1.63 bits per heavy atom. The Morgan fingerprint density at radius 3 is 2.37 bits per heavy atom. The van der Waals surface area contributed by atoms with Crippen LogP contribution in [0.1, 0.15) is 21.5 Å². The fourth-order valence-corrected chi connectivity index (χ4v) is 4.92. The average Bonchev–Trinajstić information content (AvgIpc) is 3.04. The van der Waals surface area contributed by atoms with Gasteiger partial charge in [0.1, 0.15) is 18.0 Å². The van der Waals surface area contributed by atoms with E-state index in [0.29, 0.717) is 36.1 Å². The number of para-hydroxylation sites is 1. The van der Waals surface area contributed by atoms with Crippen molar-refractivity contribution in [1.29, 1.82) is 0 Å². The Bertz CT molecular complexity index is 1660. The lowest BCUT2D eigenvalue weighted by Gasteiger charge is -2.33. The van der Waals surface area contributed by atoms with Crippen LogP contribution in [-0.4, -0.2) is 78.0 Å². The molecule has 240 valence electrons. The van der Waals surface area contributed by atoms with Crippen LogP contribution in [-0.2, 0) is 6.18 Å². The van der Waals surface area contributed by atoms with Crippen molar-refractivity contribution in [3.05, 3.63) is 102 Å². The van der Waals surface area contributed by atoms with Gasteiger partial charge in [-0.15, -0.1) is 0 Å². The molecule has 0 spiro atoms. The minimum absolute atomic E-state index is 0.139. The molecular weight excluding hydrogens is 597 g/mol. The van der Waals surface area contributed by atoms with Gasteiger partial charge in [-0.3, -0.25) is 14.6 Å². The van der Waals surface area contributed by atoms with Gasteiger partial charge in [0.25, 0.3) is 5.91 Å². The number of aryl methyl sites for hydroxylation is 1. The molecule has 13 heteroatoms. The number of benzene rings is 3. The fraction of sp³-hybridized carbons (Fsp3) is 0.273. The highest BCUT2D eigenvalue weighted by Gasteiger charge is 2.31. The number of carbonyl (C=O) groups excluding carboxylic acids is 2. The lowest BCUT2D eigenvalue weighted by Crippen LogP contribution is -2.48. The molecule has 5 rings (SSSR count). The number of anilines is 5. The molecule has 46 heavy (non-hydrogen) atoms.